The lowest BCUT2D eigenvalue weighted by Gasteiger charge is -2.33. The van der Waals surface area contributed by atoms with Crippen LogP contribution in [-0.2, 0) is 4.74 Å². The van der Waals surface area contributed by atoms with Gasteiger partial charge in [-0.15, -0.1) is 0 Å². The SMILES string of the molecule is CC1(CNCC(Cl)=CCl)CCOCC1. The minimum absolute atomic E-state index is 0.349. The van der Waals surface area contributed by atoms with E-state index in [1.807, 2.05) is 0 Å². The lowest BCUT2D eigenvalue weighted by atomic mass is 9.82. The van der Waals surface area contributed by atoms with Crippen molar-refractivity contribution in [1.29, 1.82) is 0 Å². The van der Waals surface area contributed by atoms with Crippen LogP contribution in [0, 0.1) is 5.41 Å². The Labute approximate surface area is 95.6 Å². The Bertz CT molecular complexity index is 200. The molecule has 1 N–H and O–H groups in total. The maximum absolute atomic E-state index is 5.77. The van der Waals surface area contributed by atoms with Gasteiger partial charge in [0.15, 0.2) is 0 Å². The molecule has 1 fully saturated rings. The van der Waals surface area contributed by atoms with Crippen molar-refractivity contribution in [3.63, 3.8) is 0 Å². The molecule has 1 rings (SSSR count). The second kappa shape index (κ2) is 5.96. The topological polar surface area (TPSA) is 21.3 Å². The molecule has 0 aromatic carbocycles. The number of hydrogen-bond donors (Lipinski definition) is 1. The Balaban J connectivity index is 2.22. The summed E-state index contributed by atoms with van der Waals surface area (Å²) in [5.74, 6) is 0. The van der Waals surface area contributed by atoms with Crippen LogP contribution in [0.4, 0.5) is 0 Å². The van der Waals surface area contributed by atoms with Crippen LogP contribution in [0.2, 0.25) is 0 Å². The van der Waals surface area contributed by atoms with E-state index in [2.05, 4.69) is 12.2 Å². The third-order valence-corrected chi connectivity index (χ3v) is 3.28. The molecule has 0 unspecified atom stereocenters. The van der Waals surface area contributed by atoms with Crippen molar-refractivity contribution < 1.29 is 4.74 Å². The third kappa shape index (κ3) is 4.18. The average molecular weight is 238 g/mol. The molecular formula is C10H17Cl2NO. The molecule has 1 aliphatic rings. The van der Waals surface area contributed by atoms with Crippen LogP contribution in [-0.4, -0.2) is 26.3 Å². The van der Waals surface area contributed by atoms with Crippen LogP contribution in [0.3, 0.4) is 0 Å². The smallest absolute Gasteiger partial charge is 0.0471 e. The molecule has 0 radical (unpaired) electrons. The zero-order valence-corrected chi connectivity index (χ0v) is 10.00. The molecule has 0 aliphatic carbocycles. The Morgan fingerprint density at radius 2 is 2.14 bits per heavy atom. The van der Waals surface area contributed by atoms with Crippen LogP contribution >= 0.6 is 23.2 Å². The molecule has 2 nitrogen and oxygen atoms in total. The number of nitrogens with one attached hydrogen (secondary N) is 1. The van der Waals surface area contributed by atoms with Crippen molar-refractivity contribution in [2.75, 3.05) is 26.3 Å². The largest absolute Gasteiger partial charge is 0.381 e. The average Bonchev–Trinajstić information content (AvgIpc) is 2.18. The van der Waals surface area contributed by atoms with Gasteiger partial charge in [-0.2, -0.15) is 0 Å². The van der Waals surface area contributed by atoms with Crippen molar-refractivity contribution in [3.05, 3.63) is 10.6 Å². The Morgan fingerprint density at radius 1 is 1.50 bits per heavy atom. The van der Waals surface area contributed by atoms with Crippen molar-refractivity contribution in [2.45, 2.75) is 19.8 Å². The predicted octanol–water partition coefficient (Wildman–Crippen LogP) is 2.71. The Morgan fingerprint density at radius 3 is 2.71 bits per heavy atom. The van der Waals surface area contributed by atoms with Gasteiger partial charge < -0.3 is 10.1 Å². The number of rotatable bonds is 4. The molecule has 0 amide bonds. The summed E-state index contributed by atoms with van der Waals surface area (Å²) in [4.78, 5) is 0. The maximum Gasteiger partial charge on any atom is 0.0471 e. The van der Waals surface area contributed by atoms with Gasteiger partial charge in [-0.1, -0.05) is 30.1 Å². The zero-order valence-electron chi connectivity index (χ0n) is 8.48. The van der Waals surface area contributed by atoms with Gasteiger partial charge in [-0.3, -0.25) is 0 Å². The van der Waals surface area contributed by atoms with E-state index < -0.39 is 0 Å². The van der Waals surface area contributed by atoms with E-state index in [4.69, 9.17) is 27.9 Å². The van der Waals surface area contributed by atoms with Crippen molar-refractivity contribution >= 4 is 23.2 Å². The van der Waals surface area contributed by atoms with Gasteiger partial charge in [0.25, 0.3) is 0 Å². The van der Waals surface area contributed by atoms with E-state index in [1.54, 1.807) is 0 Å². The highest BCUT2D eigenvalue weighted by atomic mass is 35.5. The summed E-state index contributed by atoms with van der Waals surface area (Å²) in [5.41, 5.74) is 1.75. The van der Waals surface area contributed by atoms with Gasteiger partial charge in [0, 0.05) is 36.9 Å². The van der Waals surface area contributed by atoms with Crippen LogP contribution < -0.4 is 5.32 Å². The van der Waals surface area contributed by atoms with E-state index in [9.17, 15) is 0 Å². The van der Waals surface area contributed by atoms with Crippen LogP contribution in [0.25, 0.3) is 0 Å². The molecule has 1 heterocycles. The number of halogens is 2. The lowest BCUT2D eigenvalue weighted by molar-refractivity contribution is 0.0245. The second-order valence-electron chi connectivity index (χ2n) is 4.08. The monoisotopic (exact) mass is 237 g/mol. The van der Waals surface area contributed by atoms with E-state index in [0.717, 1.165) is 32.6 Å². The van der Waals surface area contributed by atoms with Gasteiger partial charge >= 0.3 is 0 Å². The van der Waals surface area contributed by atoms with Gasteiger partial charge in [0.05, 0.1) is 0 Å². The van der Waals surface area contributed by atoms with Crippen LogP contribution in [0.15, 0.2) is 10.6 Å². The van der Waals surface area contributed by atoms with E-state index in [1.165, 1.54) is 5.54 Å². The quantitative estimate of drug-likeness (QED) is 0.813. The highest BCUT2D eigenvalue weighted by molar-refractivity contribution is 6.36. The van der Waals surface area contributed by atoms with E-state index in [-0.39, 0.29) is 0 Å². The molecule has 14 heavy (non-hydrogen) atoms. The normalized spacial score (nSPS) is 22.4. The van der Waals surface area contributed by atoms with Gasteiger partial charge in [-0.05, 0) is 18.3 Å². The van der Waals surface area contributed by atoms with Crippen molar-refractivity contribution in [1.82, 2.24) is 5.32 Å². The first-order chi connectivity index (χ1) is 6.66. The van der Waals surface area contributed by atoms with Crippen molar-refractivity contribution in [2.24, 2.45) is 5.41 Å². The molecule has 0 spiro atoms. The number of ether oxygens (including phenoxy) is 1. The minimum atomic E-state index is 0.349. The molecular weight excluding hydrogens is 221 g/mol. The van der Waals surface area contributed by atoms with E-state index >= 15 is 0 Å². The first-order valence-electron chi connectivity index (χ1n) is 4.89. The lowest BCUT2D eigenvalue weighted by Crippen LogP contribution is -2.37. The fraction of sp³-hybridized carbons (Fsp3) is 0.800. The molecule has 0 saturated carbocycles. The molecule has 4 heteroatoms. The molecule has 0 atom stereocenters. The maximum atomic E-state index is 5.77. The fourth-order valence-corrected chi connectivity index (χ4v) is 1.73. The first kappa shape index (κ1) is 12.3. The Hall–Kier alpha value is 0.240. The van der Waals surface area contributed by atoms with E-state index in [0.29, 0.717) is 17.0 Å². The fourth-order valence-electron chi connectivity index (χ4n) is 1.56. The first-order valence-corrected chi connectivity index (χ1v) is 5.71. The molecule has 0 aromatic rings. The van der Waals surface area contributed by atoms with Gasteiger partial charge in [0.2, 0.25) is 0 Å². The van der Waals surface area contributed by atoms with Crippen molar-refractivity contribution in [3.8, 4) is 0 Å². The number of hydrogen-bond acceptors (Lipinski definition) is 2. The summed E-state index contributed by atoms with van der Waals surface area (Å²) >= 11 is 11.2. The third-order valence-electron chi connectivity index (χ3n) is 2.66. The van der Waals surface area contributed by atoms with Crippen LogP contribution in [0.1, 0.15) is 19.8 Å². The molecule has 1 saturated heterocycles. The zero-order chi connectivity index (χ0) is 10.4. The summed E-state index contributed by atoms with van der Waals surface area (Å²) in [6.07, 6.45) is 2.23. The summed E-state index contributed by atoms with van der Waals surface area (Å²) in [6, 6.07) is 0. The molecule has 1 aliphatic heterocycles. The van der Waals surface area contributed by atoms with Crippen LogP contribution in [0.5, 0.6) is 0 Å². The summed E-state index contributed by atoms with van der Waals surface area (Å²) in [6.45, 7) is 5.65. The molecule has 0 bridgehead atoms. The second-order valence-corrected chi connectivity index (χ2v) is 4.79. The minimum Gasteiger partial charge on any atom is -0.381 e. The summed E-state index contributed by atoms with van der Waals surface area (Å²) in [7, 11) is 0. The predicted molar refractivity (Wildman–Crippen MR) is 60.8 cm³/mol. The van der Waals surface area contributed by atoms with Gasteiger partial charge in [0.1, 0.15) is 0 Å². The standard InChI is InChI=1S/C10H17Cl2NO/c1-10(2-4-14-5-3-10)8-13-7-9(12)6-11/h6,13H,2-5,7-8H2,1H3. The molecule has 0 aromatic heterocycles. The van der Waals surface area contributed by atoms with Gasteiger partial charge in [-0.25, -0.2) is 0 Å². The summed E-state index contributed by atoms with van der Waals surface area (Å²) in [5, 5.41) is 3.96. The highest BCUT2D eigenvalue weighted by Gasteiger charge is 2.26. The molecule has 82 valence electrons. The Kier molecular flexibility index (Phi) is 5.24. The highest BCUT2D eigenvalue weighted by Crippen LogP contribution is 2.28. The summed E-state index contributed by atoms with van der Waals surface area (Å²) < 4.78 is 5.33.